The summed E-state index contributed by atoms with van der Waals surface area (Å²) in [5.41, 5.74) is 0.694. The van der Waals surface area contributed by atoms with E-state index in [0.29, 0.717) is 12.1 Å². The number of hydrogen-bond acceptors (Lipinski definition) is 5. The van der Waals surface area contributed by atoms with Gasteiger partial charge in [0.1, 0.15) is 11.6 Å². The van der Waals surface area contributed by atoms with E-state index in [-0.39, 0.29) is 30.6 Å². The first-order valence-electron chi connectivity index (χ1n) is 6.41. The largest absolute Gasteiger partial charge is 0.511 e. The highest BCUT2D eigenvalue weighted by Gasteiger charge is 2.26. The second kappa shape index (κ2) is 6.78. The van der Waals surface area contributed by atoms with Gasteiger partial charge in [0.15, 0.2) is 6.10 Å². The molecule has 2 rings (SSSR count). The molecule has 0 amide bonds. The standard InChI is InChI=1S/C15H14FNO4/c16-11-3-1-10(2-4-11)7-14(21-9-18)15(20)12-8-17-6-5-13(12)19/h1-4,8-9,14,19H,5-7H2. The quantitative estimate of drug-likeness (QED) is 0.810. The number of dihydropyridines is 1. The van der Waals surface area contributed by atoms with Crippen molar-refractivity contribution in [3.8, 4) is 0 Å². The number of carbonyl (C=O) groups excluding carboxylic acids is 2. The number of nitrogens with zero attached hydrogens (tertiary/aromatic N) is 1. The number of ether oxygens (including phenoxy) is 1. The normalized spacial score (nSPS) is 15.7. The average molecular weight is 291 g/mol. The van der Waals surface area contributed by atoms with Gasteiger partial charge < -0.3 is 9.84 Å². The van der Waals surface area contributed by atoms with Gasteiger partial charge >= 0.3 is 0 Å². The Morgan fingerprint density at radius 2 is 2.14 bits per heavy atom. The minimum atomic E-state index is -1.07. The summed E-state index contributed by atoms with van der Waals surface area (Å²) in [6.07, 6.45) is 0.590. The Morgan fingerprint density at radius 1 is 1.43 bits per heavy atom. The van der Waals surface area contributed by atoms with E-state index in [2.05, 4.69) is 4.99 Å². The van der Waals surface area contributed by atoms with E-state index in [4.69, 9.17) is 4.74 Å². The molecule has 1 N–H and O–H groups in total. The minimum Gasteiger partial charge on any atom is -0.511 e. The molecule has 0 spiro atoms. The maximum Gasteiger partial charge on any atom is 0.293 e. The van der Waals surface area contributed by atoms with Gasteiger partial charge in [0.05, 0.1) is 5.57 Å². The number of aliphatic hydroxyl groups excluding tert-OH is 1. The zero-order chi connectivity index (χ0) is 15.2. The highest BCUT2D eigenvalue weighted by molar-refractivity contribution is 6.16. The summed E-state index contributed by atoms with van der Waals surface area (Å²) < 4.78 is 17.7. The van der Waals surface area contributed by atoms with Gasteiger partial charge in [-0.2, -0.15) is 0 Å². The van der Waals surface area contributed by atoms with Gasteiger partial charge in [-0.3, -0.25) is 14.6 Å². The number of aliphatic hydroxyl groups is 1. The Labute approximate surface area is 120 Å². The Bertz CT molecular complexity index is 592. The lowest BCUT2D eigenvalue weighted by Gasteiger charge is -2.17. The molecule has 6 heteroatoms. The number of aliphatic imine (C=N–C) groups is 1. The van der Waals surface area contributed by atoms with E-state index >= 15 is 0 Å². The summed E-state index contributed by atoms with van der Waals surface area (Å²) in [6, 6.07) is 5.53. The first kappa shape index (κ1) is 14.9. The highest BCUT2D eigenvalue weighted by Crippen LogP contribution is 2.16. The molecular formula is C15H14FNO4. The van der Waals surface area contributed by atoms with Crippen LogP contribution in [0.1, 0.15) is 12.0 Å². The van der Waals surface area contributed by atoms with Crippen LogP contribution in [-0.4, -0.2) is 36.2 Å². The summed E-state index contributed by atoms with van der Waals surface area (Å²) >= 11 is 0. The van der Waals surface area contributed by atoms with E-state index in [1.807, 2.05) is 0 Å². The van der Waals surface area contributed by atoms with Gasteiger partial charge in [0, 0.05) is 25.6 Å². The average Bonchev–Trinajstić information content (AvgIpc) is 2.49. The van der Waals surface area contributed by atoms with E-state index < -0.39 is 17.7 Å². The van der Waals surface area contributed by atoms with Crippen molar-refractivity contribution in [1.82, 2.24) is 0 Å². The number of ketones is 1. The molecule has 1 atom stereocenters. The van der Waals surface area contributed by atoms with Crippen LogP contribution < -0.4 is 0 Å². The Balaban J connectivity index is 2.18. The second-order valence-electron chi connectivity index (χ2n) is 4.56. The molecule has 110 valence electrons. The predicted molar refractivity (Wildman–Crippen MR) is 73.7 cm³/mol. The molecule has 1 aliphatic heterocycles. The predicted octanol–water partition coefficient (Wildman–Crippen LogP) is 1.77. The first-order valence-corrected chi connectivity index (χ1v) is 6.41. The van der Waals surface area contributed by atoms with Crippen molar-refractivity contribution >= 4 is 18.5 Å². The SMILES string of the molecule is O=COC(Cc1ccc(F)cc1)C(=O)C1=C(O)CCN=C1. The molecule has 0 saturated carbocycles. The first-order chi connectivity index (χ1) is 10.1. The van der Waals surface area contributed by atoms with Gasteiger partial charge in [-0.1, -0.05) is 12.1 Å². The summed E-state index contributed by atoms with van der Waals surface area (Å²) in [7, 11) is 0. The molecule has 21 heavy (non-hydrogen) atoms. The summed E-state index contributed by atoms with van der Waals surface area (Å²) in [5.74, 6) is -0.973. The molecule has 5 nitrogen and oxygen atoms in total. The molecule has 0 aliphatic carbocycles. The maximum atomic E-state index is 12.9. The second-order valence-corrected chi connectivity index (χ2v) is 4.56. The van der Waals surface area contributed by atoms with Gasteiger partial charge in [-0.05, 0) is 17.7 Å². The van der Waals surface area contributed by atoms with Gasteiger partial charge in [0.2, 0.25) is 5.78 Å². The molecule has 0 fully saturated rings. The summed E-state index contributed by atoms with van der Waals surface area (Å²) in [4.78, 5) is 26.8. The molecule has 1 unspecified atom stereocenters. The van der Waals surface area contributed by atoms with Crippen LogP contribution in [-0.2, 0) is 20.7 Å². The fourth-order valence-electron chi connectivity index (χ4n) is 2.02. The van der Waals surface area contributed by atoms with Crippen LogP contribution in [0.4, 0.5) is 4.39 Å². The van der Waals surface area contributed by atoms with E-state index in [1.165, 1.54) is 30.5 Å². The Hall–Kier alpha value is -2.50. The molecule has 1 aromatic rings. The molecule has 0 bridgehead atoms. The van der Waals surface area contributed by atoms with E-state index in [0.717, 1.165) is 0 Å². The van der Waals surface area contributed by atoms with Crippen molar-refractivity contribution in [2.75, 3.05) is 6.54 Å². The summed E-state index contributed by atoms with van der Waals surface area (Å²) in [6.45, 7) is 0.601. The van der Waals surface area contributed by atoms with Crippen molar-refractivity contribution in [3.05, 3.63) is 47.0 Å². The lowest BCUT2D eigenvalue weighted by atomic mass is 9.98. The van der Waals surface area contributed by atoms with Crippen molar-refractivity contribution in [2.45, 2.75) is 18.9 Å². The highest BCUT2D eigenvalue weighted by atomic mass is 19.1. The third-order valence-corrected chi connectivity index (χ3v) is 3.12. The van der Waals surface area contributed by atoms with Crippen LogP contribution >= 0.6 is 0 Å². The maximum absolute atomic E-state index is 12.9. The lowest BCUT2D eigenvalue weighted by molar-refractivity contribution is -0.141. The van der Waals surface area contributed by atoms with E-state index in [9.17, 15) is 19.1 Å². The van der Waals surface area contributed by atoms with Crippen molar-refractivity contribution in [2.24, 2.45) is 4.99 Å². The number of rotatable bonds is 6. The van der Waals surface area contributed by atoms with Crippen molar-refractivity contribution in [3.63, 3.8) is 0 Å². The number of Topliss-reactive ketones (excluding diaryl/α,β-unsaturated/α-hetero) is 1. The van der Waals surface area contributed by atoms with Crippen LogP contribution in [0.25, 0.3) is 0 Å². The van der Waals surface area contributed by atoms with Crippen molar-refractivity contribution in [1.29, 1.82) is 0 Å². The third kappa shape index (κ3) is 3.75. The molecule has 0 radical (unpaired) electrons. The smallest absolute Gasteiger partial charge is 0.293 e. The third-order valence-electron chi connectivity index (χ3n) is 3.12. The Kier molecular flexibility index (Phi) is 4.81. The summed E-state index contributed by atoms with van der Waals surface area (Å²) in [5, 5.41) is 9.73. The topological polar surface area (TPSA) is 76.0 Å². The lowest BCUT2D eigenvalue weighted by Crippen LogP contribution is -2.30. The van der Waals surface area contributed by atoms with E-state index in [1.54, 1.807) is 0 Å². The number of hydrogen-bond donors (Lipinski definition) is 1. The molecular weight excluding hydrogens is 277 g/mol. The van der Waals surface area contributed by atoms with Crippen molar-refractivity contribution < 1.29 is 23.8 Å². The van der Waals surface area contributed by atoms with Crippen LogP contribution in [0.2, 0.25) is 0 Å². The number of halogens is 1. The Morgan fingerprint density at radius 3 is 2.76 bits per heavy atom. The molecule has 1 aromatic carbocycles. The minimum absolute atomic E-state index is 0.0511. The van der Waals surface area contributed by atoms with Gasteiger partial charge in [-0.25, -0.2) is 4.39 Å². The molecule has 1 aliphatic rings. The fourth-order valence-corrected chi connectivity index (χ4v) is 2.02. The van der Waals surface area contributed by atoms with Crippen LogP contribution in [0.5, 0.6) is 0 Å². The monoisotopic (exact) mass is 291 g/mol. The van der Waals surface area contributed by atoms with Crippen LogP contribution in [0, 0.1) is 5.82 Å². The van der Waals surface area contributed by atoms with Gasteiger partial charge in [-0.15, -0.1) is 0 Å². The van der Waals surface area contributed by atoms with Crippen LogP contribution in [0.3, 0.4) is 0 Å². The fraction of sp³-hybridized carbons (Fsp3) is 0.267. The molecule has 0 saturated heterocycles. The van der Waals surface area contributed by atoms with Crippen LogP contribution in [0.15, 0.2) is 40.6 Å². The molecule has 1 heterocycles. The zero-order valence-corrected chi connectivity index (χ0v) is 11.2. The van der Waals surface area contributed by atoms with Gasteiger partial charge in [0.25, 0.3) is 6.47 Å². The number of benzene rings is 1. The molecule has 0 aromatic heterocycles. The zero-order valence-electron chi connectivity index (χ0n) is 11.2. The number of carbonyl (C=O) groups is 2.